The number of fused-ring (bicyclic) bond motifs is 1. The first-order chi connectivity index (χ1) is 9.70. The van der Waals surface area contributed by atoms with Gasteiger partial charge in [0.1, 0.15) is 10.8 Å². The second-order valence-electron chi connectivity index (χ2n) is 4.79. The maximum Gasteiger partial charge on any atom is 0.232 e. The lowest BCUT2D eigenvalue weighted by Crippen LogP contribution is -2.13. The predicted octanol–water partition coefficient (Wildman–Crippen LogP) is 3.91. The summed E-state index contributed by atoms with van der Waals surface area (Å²) in [6.45, 7) is 2.17. The van der Waals surface area contributed by atoms with Gasteiger partial charge in [-0.25, -0.2) is 0 Å². The second kappa shape index (κ2) is 7.24. The molecule has 0 bridgehead atoms. The van der Waals surface area contributed by atoms with Gasteiger partial charge in [0.25, 0.3) is 0 Å². The van der Waals surface area contributed by atoms with Gasteiger partial charge in [0.2, 0.25) is 11.9 Å². The van der Waals surface area contributed by atoms with E-state index in [0.717, 1.165) is 18.2 Å². The molecule has 2 aromatic rings. The summed E-state index contributed by atoms with van der Waals surface area (Å²) in [7, 11) is 0. The van der Waals surface area contributed by atoms with Crippen LogP contribution in [0.25, 0.3) is 11.0 Å². The zero-order valence-electron chi connectivity index (χ0n) is 11.6. The summed E-state index contributed by atoms with van der Waals surface area (Å²) in [5.41, 5.74) is 0.628. The van der Waals surface area contributed by atoms with Crippen molar-refractivity contribution in [3.63, 3.8) is 0 Å². The van der Waals surface area contributed by atoms with E-state index >= 15 is 0 Å². The van der Waals surface area contributed by atoms with Crippen LogP contribution >= 0.6 is 11.6 Å². The molecule has 0 atom stereocenters. The van der Waals surface area contributed by atoms with Crippen molar-refractivity contribution in [2.75, 3.05) is 5.32 Å². The number of hydrogen-bond acceptors (Lipinski definition) is 3. The third-order valence-corrected chi connectivity index (χ3v) is 3.42. The van der Waals surface area contributed by atoms with Crippen molar-refractivity contribution in [2.24, 2.45) is 0 Å². The van der Waals surface area contributed by atoms with Crippen molar-refractivity contribution < 1.29 is 4.79 Å². The molecule has 2 N–H and O–H groups in total. The van der Waals surface area contributed by atoms with E-state index in [4.69, 9.17) is 11.6 Å². The Morgan fingerprint density at radius 1 is 1.30 bits per heavy atom. The quantitative estimate of drug-likeness (QED) is 0.601. The smallest absolute Gasteiger partial charge is 0.232 e. The van der Waals surface area contributed by atoms with Gasteiger partial charge < -0.3 is 4.98 Å². The highest BCUT2D eigenvalue weighted by molar-refractivity contribution is 6.34. The topological polar surface area (TPSA) is 70.7 Å². The molecule has 1 amide bonds. The third kappa shape index (κ3) is 3.93. The molecule has 2 rings (SSSR count). The van der Waals surface area contributed by atoms with Crippen LogP contribution in [0, 0.1) is 0 Å². The third-order valence-electron chi connectivity index (χ3n) is 3.13. The van der Waals surface area contributed by atoms with E-state index < -0.39 is 0 Å². The number of carbonyl (C=O) groups is 1. The Bertz CT molecular complexity index is 582. The molecule has 6 heteroatoms. The fourth-order valence-corrected chi connectivity index (χ4v) is 2.27. The zero-order chi connectivity index (χ0) is 14.4. The first kappa shape index (κ1) is 14.8. The number of nitrogens with one attached hydrogen (secondary N) is 2. The molecule has 5 nitrogen and oxygen atoms in total. The number of aromatic amines is 1. The minimum absolute atomic E-state index is 0.0662. The fourth-order valence-electron chi connectivity index (χ4n) is 2.04. The second-order valence-corrected chi connectivity index (χ2v) is 5.15. The van der Waals surface area contributed by atoms with E-state index in [-0.39, 0.29) is 11.9 Å². The molecule has 20 heavy (non-hydrogen) atoms. The average Bonchev–Trinajstić information content (AvgIpc) is 2.87. The molecular formula is C14H19ClN4O. The SMILES string of the molecule is CCCCCCCC(=O)Nc1nc(Cl)c2cc[nH]c2n1. The summed E-state index contributed by atoms with van der Waals surface area (Å²) in [6, 6.07) is 1.80. The molecule has 0 aliphatic carbocycles. The summed E-state index contributed by atoms with van der Waals surface area (Å²) < 4.78 is 0. The van der Waals surface area contributed by atoms with Gasteiger partial charge in [-0.15, -0.1) is 0 Å². The Morgan fingerprint density at radius 3 is 2.90 bits per heavy atom. The molecule has 0 spiro atoms. The van der Waals surface area contributed by atoms with Gasteiger partial charge in [0, 0.05) is 12.6 Å². The number of H-pyrrole nitrogens is 1. The zero-order valence-corrected chi connectivity index (χ0v) is 12.3. The number of halogens is 1. The Morgan fingerprint density at radius 2 is 2.10 bits per heavy atom. The number of rotatable bonds is 7. The molecule has 0 fully saturated rings. The Balaban J connectivity index is 1.86. The van der Waals surface area contributed by atoms with Crippen LogP contribution < -0.4 is 5.32 Å². The highest BCUT2D eigenvalue weighted by Gasteiger charge is 2.09. The highest BCUT2D eigenvalue weighted by atomic mass is 35.5. The van der Waals surface area contributed by atoms with Crippen molar-refractivity contribution in [1.82, 2.24) is 15.0 Å². The molecule has 0 radical (unpaired) electrons. The molecule has 0 saturated carbocycles. The van der Waals surface area contributed by atoms with Crippen LogP contribution in [-0.2, 0) is 4.79 Å². The van der Waals surface area contributed by atoms with E-state index in [1.807, 2.05) is 0 Å². The highest BCUT2D eigenvalue weighted by Crippen LogP contribution is 2.20. The van der Waals surface area contributed by atoms with Gasteiger partial charge >= 0.3 is 0 Å². The van der Waals surface area contributed by atoms with E-state index in [1.54, 1.807) is 12.3 Å². The number of unbranched alkanes of at least 4 members (excludes halogenated alkanes) is 4. The predicted molar refractivity (Wildman–Crippen MR) is 80.9 cm³/mol. The van der Waals surface area contributed by atoms with E-state index in [0.29, 0.717) is 17.2 Å². The maximum absolute atomic E-state index is 11.8. The fraction of sp³-hybridized carbons (Fsp3) is 0.500. The van der Waals surface area contributed by atoms with Crippen LogP contribution in [0.3, 0.4) is 0 Å². The molecule has 0 unspecified atom stereocenters. The summed E-state index contributed by atoms with van der Waals surface area (Å²) in [5.74, 6) is 0.187. The molecule has 0 aliphatic rings. The van der Waals surface area contributed by atoms with E-state index in [2.05, 4.69) is 27.2 Å². The normalized spacial score (nSPS) is 10.9. The Kier molecular flexibility index (Phi) is 5.35. The molecule has 0 aliphatic heterocycles. The largest absolute Gasteiger partial charge is 0.346 e. The standard InChI is InChI=1S/C14H19ClN4O/c1-2-3-4-5-6-7-11(20)17-14-18-12(15)10-8-9-16-13(10)19-14/h8-9H,2-7H2,1H3,(H2,16,17,18,19,20). The molecule has 0 saturated heterocycles. The van der Waals surface area contributed by atoms with Gasteiger partial charge in [-0.1, -0.05) is 44.2 Å². The van der Waals surface area contributed by atoms with Crippen LogP contribution in [0.1, 0.15) is 45.4 Å². The minimum atomic E-state index is -0.0662. The van der Waals surface area contributed by atoms with Gasteiger partial charge in [0.15, 0.2) is 0 Å². The molecule has 108 valence electrons. The molecule has 2 heterocycles. The summed E-state index contributed by atoms with van der Waals surface area (Å²) >= 11 is 6.03. The number of carbonyl (C=O) groups excluding carboxylic acids is 1. The van der Waals surface area contributed by atoms with Crippen LogP contribution in [0.5, 0.6) is 0 Å². The van der Waals surface area contributed by atoms with Crippen LogP contribution in [0.2, 0.25) is 5.15 Å². The van der Waals surface area contributed by atoms with Crippen molar-refractivity contribution in [2.45, 2.75) is 45.4 Å². The first-order valence-corrected chi connectivity index (χ1v) is 7.39. The first-order valence-electron chi connectivity index (χ1n) is 7.01. The lowest BCUT2D eigenvalue weighted by molar-refractivity contribution is -0.116. The summed E-state index contributed by atoms with van der Waals surface area (Å²) in [6.07, 6.45) is 7.82. The summed E-state index contributed by atoms with van der Waals surface area (Å²) in [4.78, 5) is 23.0. The van der Waals surface area contributed by atoms with Crippen molar-refractivity contribution in [1.29, 1.82) is 0 Å². The number of aromatic nitrogens is 3. The van der Waals surface area contributed by atoms with Gasteiger partial charge in [0.05, 0.1) is 5.39 Å². The van der Waals surface area contributed by atoms with Crippen molar-refractivity contribution in [3.8, 4) is 0 Å². The van der Waals surface area contributed by atoms with Gasteiger partial charge in [-0.05, 0) is 12.5 Å². The van der Waals surface area contributed by atoms with E-state index in [1.165, 1.54) is 19.3 Å². The molecule has 0 aromatic carbocycles. The van der Waals surface area contributed by atoms with Crippen LogP contribution in [0.4, 0.5) is 5.95 Å². The van der Waals surface area contributed by atoms with Crippen molar-refractivity contribution >= 4 is 34.5 Å². The van der Waals surface area contributed by atoms with E-state index in [9.17, 15) is 4.79 Å². The van der Waals surface area contributed by atoms with Gasteiger partial charge in [-0.2, -0.15) is 9.97 Å². The Labute approximate surface area is 123 Å². The lowest BCUT2D eigenvalue weighted by Gasteiger charge is -2.04. The number of amides is 1. The Hall–Kier alpha value is -1.62. The monoisotopic (exact) mass is 294 g/mol. The van der Waals surface area contributed by atoms with Crippen LogP contribution in [-0.4, -0.2) is 20.9 Å². The summed E-state index contributed by atoms with van der Waals surface area (Å²) in [5, 5.41) is 3.79. The van der Waals surface area contributed by atoms with Crippen molar-refractivity contribution in [3.05, 3.63) is 17.4 Å². The number of anilines is 1. The number of nitrogens with zero attached hydrogens (tertiary/aromatic N) is 2. The molecular weight excluding hydrogens is 276 g/mol. The van der Waals surface area contributed by atoms with Gasteiger partial charge in [-0.3, -0.25) is 10.1 Å². The minimum Gasteiger partial charge on any atom is -0.346 e. The van der Waals surface area contributed by atoms with Crippen LogP contribution in [0.15, 0.2) is 12.3 Å². The average molecular weight is 295 g/mol. The maximum atomic E-state index is 11.8. The lowest BCUT2D eigenvalue weighted by atomic mass is 10.1. The molecule has 2 aromatic heterocycles. The number of hydrogen-bond donors (Lipinski definition) is 2.